The molecule has 0 atom stereocenters. The molecule has 3 saturated heterocycles. The molecule has 6 rings (SSSR count). The second-order valence-corrected chi connectivity index (χ2v) is 16.0. The molecule has 324 valence electrons. The number of hydrogen-bond donors (Lipinski definition) is 0. The molecule has 15 heteroatoms. The lowest BCUT2D eigenvalue weighted by molar-refractivity contribution is -0.140. The van der Waals surface area contributed by atoms with E-state index in [1.807, 2.05) is 32.1 Å². The first-order chi connectivity index (χ1) is 27.0. The molecule has 58 heavy (non-hydrogen) atoms. The van der Waals surface area contributed by atoms with E-state index in [2.05, 4.69) is 21.7 Å². The van der Waals surface area contributed by atoms with Crippen molar-refractivity contribution in [2.24, 2.45) is 0 Å². The molecule has 3 aliphatic heterocycles. The van der Waals surface area contributed by atoms with Crippen LogP contribution in [0.15, 0.2) is 54.6 Å². The number of ether oxygens (including phenoxy) is 2. The molecule has 6 nitrogen and oxygen atoms in total. The van der Waals surface area contributed by atoms with Gasteiger partial charge in [0.05, 0.1) is 16.7 Å². The highest BCUT2D eigenvalue weighted by Gasteiger charge is 2.36. The number of alkyl halides is 9. The highest BCUT2D eigenvalue weighted by atomic mass is 19.4. The van der Waals surface area contributed by atoms with Gasteiger partial charge >= 0.3 is 18.5 Å². The Morgan fingerprint density at radius 3 is 1.45 bits per heavy atom. The van der Waals surface area contributed by atoms with Gasteiger partial charge in [0.2, 0.25) is 0 Å². The predicted octanol–water partition coefficient (Wildman–Crippen LogP) is 10.5. The topological polar surface area (TPSA) is 31.4 Å². The third-order valence-electron chi connectivity index (χ3n) is 10.8. The van der Waals surface area contributed by atoms with E-state index in [1.54, 1.807) is 32.9 Å². The molecule has 3 aromatic rings. The van der Waals surface area contributed by atoms with Crippen molar-refractivity contribution in [3.63, 3.8) is 0 Å². The van der Waals surface area contributed by atoms with Crippen LogP contribution in [0.2, 0.25) is 0 Å². The summed E-state index contributed by atoms with van der Waals surface area (Å²) in [6, 6.07) is 12.7. The Hall–Kier alpha value is -3.69. The molecule has 0 saturated carbocycles. The molecule has 0 spiro atoms. The van der Waals surface area contributed by atoms with Gasteiger partial charge in [0.25, 0.3) is 0 Å². The average molecular weight is 833 g/mol. The molecule has 3 fully saturated rings. The van der Waals surface area contributed by atoms with Gasteiger partial charge < -0.3 is 29.1 Å². The lowest BCUT2D eigenvalue weighted by Gasteiger charge is -2.36. The van der Waals surface area contributed by atoms with Crippen molar-refractivity contribution >= 4 is 5.69 Å². The lowest BCUT2D eigenvalue weighted by Crippen LogP contribution is -2.42. The van der Waals surface area contributed by atoms with Crippen LogP contribution in [-0.4, -0.2) is 100 Å². The van der Waals surface area contributed by atoms with Crippen molar-refractivity contribution in [1.82, 2.24) is 14.7 Å². The zero-order valence-electron chi connectivity index (χ0n) is 34.4. The van der Waals surface area contributed by atoms with Crippen molar-refractivity contribution in [3.8, 4) is 11.5 Å². The van der Waals surface area contributed by atoms with E-state index < -0.39 is 35.2 Å². The number of likely N-dealkylation sites (tertiary alicyclic amines) is 3. The van der Waals surface area contributed by atoms with E-state index in [0.29, 0.717) is 34.2 Å². The Bertz CT molecular complexity index is 1740. The van der Waals surface area contributed by atoms with E-state index in [-0.39, 0.29) is 18.0 Å². The maximum atomic E-state index is 13.0. The van der Waals surface area contributed by atoms with Gasteiger partial charge in [-0.15, -0.1) is 0 Å². The first-order valence-corrected chi connectivity index (χ1v) is 19.7. The van der Waals surface area contributed by atoms with Crippen LogP contribution in [0.3, 0.4) is 0 Å². The maximum absolute atomic E-state index is 13.0. The summed E-state index contributed by atoms with van der Waals surface area (Å²) in [5, 5.41) is 0. The maximum Gasteiger partial charge on any atom is 0.419 e. The smallest absolute Gasteiger partial charge is 0.419 e. The third-order valence-corrected chi connectivity index (χ3v) is 10.8. The molecule has 0 aliphatic carbocycles. The summed E-state index contributed by atoms with van der Waals surface area (Å²) in [7, 11) is 8.00. The molecule has 3 aliphatic rings. The summed E-state index contributed by atoms with van der Waals surface area (Å²) in [6.07, 6.45) is -7.87. The van der Waals surface area contributed by atoms with E-state index >= 15 is 0 Å². The van der Waals surface area contributed by atoms with Gasteiger partial charge in [-0.2, -0.15) is 39.5 Å². The number of piperidine rings is 3. The predicted molar refractivity (Wildman–Crippen MR) is 210 cm³/mol. The number of aryl methyl sites for hydroxylation is 3. The minimum Gasteiger partial charge on any atom is -0.490 e. The van der Waals surface area contributed by atoms with Crippen molar-refractivity contribution in [2.75, 3.05) is 72.4 Å². The Labute approximate surface area is 336 Å². The number of rotatable bonds is 6. The Morgan fingerprint density at radius 1 is 0.517 bits per heavy atom. The zero-order chi connectivity index (χ0) is 43.0. The number of nitrogens with zero attached hydrogens (tertiary/aromatic N) is 4. The van der Waals surface area contributed by atoms with Crippen LogP contribution in [0.5, 0.6) is 11.5 Å². The second kappa shape index (κ2) is 20.0. The van der Waals surface area contributed by atoms with Crippen LogP contribution in [0.4, 0.5) is 45.2 Å². The fourth-order valence-corrected chi connectivity index (χ4v) is 7.25. The van der Waals surface area contributed by atoms with Crippen LogP contribution < -0.4 is 14.4 Å². The number of benzene rings is 3. The average Bonchev–Trinajstić information content (AvgIpc) is 3.13. The molecule has 0 amide bonds. The van der Waals surface area contributed by atoms with Crippen molar-refractivity contribution in [3.05, 3.63) is 88.0 Å². The zero-order valence-corrected chi connectivity index (χ0v) is 34.4. The summed E-state index contributed by atoms with van der Waals surface area (Å²) in [5.74, 6) is 0.273. The summed E-state index contributed by atoms with van der Waals surface area (Å²) in [5.41, 5.74) is 0.580. The molecule has 3 aromatic carbocycles. The highest BCUT2D eigenvalue weighted by molar-refractivity contribution is 5.52. The van der Waals surface area contributed by atoms with Crippen LogP contribution in [-0.2, 0) is 18.5 Å². The third kappa shape index (κ3) is 14.5. The summed E-state index contributed by atoms with van der Waals surface area (Å²) in [4.78, 5) is 8.59. The Kier molecular flexibility index (Phi) is 16.2. The van der Waals surface area contributed by atoms with Gasteiger partial charge in [0.1, 0.15) is 23.7 Å². The van der Waals surface area contributed by atoms with Gasteiger partial charge in [-0.1, -0.05) is 11.6 Å². The minimum absolute atomic E-state index is 0.0130. The van der Waals surface area contributed by atoms with E-state index in [1.165, 1.54) is 18.2 Å². The summed E-state index contributed by atoms with van der Waals surface area (Å²) in [6.45, 7) is 10.5. The first kappa shape index (κ1) is 47.0. The van der Waals surface area contributed by atoms with E-state index in [9.17, 15) is 39.5 Å². The Balaban J connectivity index is 0.000000193. The largest absolute Gasteiger partial charge is 0.490 e. The fourth-order valence-electron chi connectivity index (χ4n) is 7.25. The van der Waals surface area contributed by atoms with Crippen LogP contribution in [0, 0.1) is 20.8 Å². The van der Waals surface area contributed by atoms with Crippen molar-refractivity contribution < 1.29 is 49.0 Å². The quantitative estimate of drug-likeness (QED) is 0.230. The highest BCUT2D eigenvalue weighted by Crippen LogP contribution is 2.38. The van der Waals surface area contributed by atoms with E-state index in [4.69, 9.17) is 9.47 Å². The number of anilines is 1. The monoisotopic (exact) mass is 832 g/mol. The van der Waals surface area contributed by atoms with Crippen molar-refractivity contribution in [2.45, 2.75) is 96.1 Å². The summed E-state index contributed by atoms with van der Waals surface area (Å²) < 4.78 is 127. The standard InChI is InChI=1S/C15H21F3N2.2C14H18F3NO/c1-11-8-12(15(16,17)18)10-14(9-11)20(3)13-4-6-19(2)7-5-13;1-10-7-11(14(15,16)17)9-13(8-10)19-12-3-5-18(2)6-4-12;1-10-3-4-13(12(9-10)14(15,16)17)19-11-5-7-18(2)8-6-11/h8-10,13H,4-7H2,1-3H3;7-9,12H,3-6H2,1-2H3;3-4,9,11H,5-8H2,1-2H3. The van der Waals surface area contributed by atoms with Gasteiger partial charge in [-0.05, 0) is 153 Å². The van der Waals surface area contributed by atoms with Gasteiger partial charge in [0.15, 0.2) is 0 Å². The van der Waals surface area contributed by atoms with E-state index in [0.717, 1.165) is 96.0 Å². The fraction of sp³-hybridized carbons (Fsp3) is 0.581. The van der Waals surface area contributed by atoms with Gasteiger partial charge in [-0.3, -0.25) is 0 Å². The molecule has 3 heterocycles. The molecule has 0 radical (unpaired) electrons. The normalized spacial score (nSPS) is 18.5. The second-order valence-electron chi connectivity index (χ2n) is 16.0. The minimum atomic E-state index is -4.37. The Morgan fingerprint density at radius 2 is 0.966 bits per heavy atom. The first-order valence-electron chi connectivity index (χ1n) is 19.7. The van der Waals surface area contributed by atoms with Crippen LogP contribution >= 0.6 is 0 Å². The van der Waals surface area contributed by atoms with Crippen molar-refractivity contribution in [1.29, 1.82) is 0 Å². The molecular formula is C43H57F9N4O2. The van der Waals surface area contributed by atoms with Crippen LogP contribution in [0.25, 0.3) is 0 Å². The summed E-state index contributed by atoms with van der Waals surface area (Å²) >= 11 is 0. The number of hydrogen-bond acceptors (Lipinski definition) is 6. The molecule has 0 N–H and O–H groups in total. The van der Waals surface area contributed by atoms with Gasteiger partial charge in [-0.25, -0.2) is 0 Å². The molecular weight excluding hydrogens is 775 g/mol. The SMILES string of the molecule is Cc1cc(N(C)C2CCN(C)CC2)cc(C(F)(F)F)c1.Cc1cc(OC2CCN(C)CC2)cc(C(F)(F)F)c1.Cc1ccc(OC2CCN(C)CC2)c(C(F)(F)F)c1. The molecule has 0 unspecified atom stereocenters. The lowest BCUT2D eigenvalue weighted by atomic mass is 10.0. The number of halogens is 9. The van der Waals surface area contributed by atoms with Crippen LogP contribution in [0.1, 0.15) is 71.9 Å². The van der Waals surface area contributed by atoms with Gasteiger partial charge in [0, 0.05) is 45.0 Å². The molecule has 0 aromatic heterocycles. The molecule has 0 bridgehead atoms.